The SMILES string of the molecule is COc1ccc(NC(=O)CN2CCCc3cc(C)ccc32)cc1S(=O)(=O)N1CCCCC1. The zero-order valence-corrected chi connectivity index (χ0v) is 19.6. The van der Waals surface area contributed by atoms with Gasteiger partial charge in [0, 0.05) is 31.0 Å². The highest BCUT2D eigenvalue weighted by Crippen LogP contribution is 2.32. The number of ether oxygens (including phenoxy) is 1. The Bertz CT molecular complexity index is 1090. The van der Waals surface area contributed by atoms with Crippen LogP contribution in [0.25, 0.3) is 0 Å². The molecule has 0 aliphatic carbocycles. The average Bonchev–Trinajstić information content (AvgIpc) is 2.79. The van der Waals surface area contributed by atoms with Crippen molar-refractivity contribution in [1.82, 2.24) is 4.31 Å². The van der Waals surface area contributed by atoms with Gasteiger partial charge in [0.2, 0.25) is 15.9 Å². The molecule has 0 spiro atoms. The summed E-state index contributed by atoms with van der Waals surface area (Å²) in [4.78, 5) is 15.0. The minimum atomic E-state index is -3.69. The van der Waals surface area contributed by atoms with E-state index in [1.165, 1.54) is 28.6 Å². The maximum atomic E-state index is 13.2. The summed E-state index contributed by atoms with van der Waals surface area (Å²) in [5, 5.41) is 2.88. The van der Waals surface area contributed by atoms with Gasteiger partial charge in [0.25, 0.3) is 0 Å². The van der Waals surface area contributed by atoms with Crippen molar-refractivity contribution in [3.05, 3.63) is 47.5 Å². The lowest BCUT2D eigenvalue weighted by molar-refractivity contribution is -0.115. The van der Waals surface area contributed by atoms with E-state index in [2.05, 4.69) is 35.3 Å². The fourth-order valence-corrected chi connectivity index (χ4v) is 6.24. The monoisotopic (exact) mass is 457 g/mol. The molecule has 1 fully saturated rings. The van der Waals surface area contributed by atoms with Crippen LogP contribution in [0.3, 0.4) is 0 Å². The molecule has 4 rings (SSSR count). The first kappa shape index (κ1) is 22.6. The minimum Gasteiger partial charge on any atom is -0.495 e. The highest BCUT2D eigenvalue weighted by atomic mass is 32.2. The summed E-state index contributed by atoms with van der Waals surface area (Å²) in [5.41, 5.74) is 4.03. The van der Waals surface area contributed by atoms with Crippen LogP contribution in [0.5, 0.6) is 5.75 Å². The Labute approximate surface area is 190 Å². The summed E-state index contributed by atoms with van der Waals surface area (Å²) in [6.07, 6.45) is 4.78. The van der Waals surface area contributed by atoms with E-state index in [0.717, 1.165) is 44.3 Å². The van der Waals surface area contributed by atoms with Crippen LogP contribution in [-0.4, -0.2) is 51.9 Å². The quantitative estimate of drug-likeness (QED) is 0.718. The molecule has 0 bridgehead atoms. The number of hydrogen-bond donors (Lipinski definition) is 1. The van der Waals surface area contributed by atoms with Crippen LogP contribution in [0.1, 0.15) is 36.8 Å². The molecule has 1 saturated heterocycles. The van der Waals surface area contributed by atoms with Crippen LogP contribution < -0.4 is 15.0 Å². The van der Waals surface area contributed by atoms with Gasteiger partial charge in [-0.05, 0) is 62.4 Å². The largest absolute Gasteiger partial charge is 0.495 e. The van der Waals surface area contributed by atoms with Crippen molar-refractivity contribution < 1.29 is 17.9 Å². The van der Waals surface area contributed by atoms with E-state index in [9.17, 15) is 13.2 Å². The van der Waals surface area contributed by atoms with E-state index in [1.807, 2.05) is 0 Å². The Morgan fingerprint density at radius 2 is 1.81 bits per heavy atom. The minimum absolute atomic E-state index is 0.0958. The van der Waals surface area contributed by atoms with Crippen molar-refractivity contribution in [2.45, 2.75) is 43.9 Å². The van der Waals surface area contributed by atoms with Crippen LogP contribution in [0.2, 0.25) is 0 Å². The van der Waals surface area contributed by atoms with Gasteiger partial charge in [-0.25, -0.2) is 8.42 Å². The molecule has 2 aliphatic heterocycles. The van der Waals surface area contributed by atoms with Gasteiger partial charge in [-0.1, -0.05) is 24.1 Å². The van der Waals surface area contributed by atoms with E-state index < -0.39 is 10.0 Å². The van der Waals surface area contributed by atoms with Crippen molar-refractivity contribution in [3.63, 3.8) is 0 Å². The molecule has 8 heteroatoms. The number of rotatable bonds is 6. The highest BCUT2D eigenvalue weighted by molar-refractivity contribution is 7.89. The zero-order chi connectivity index (χ0) is 22.7. The van der Waals surface area contributed by atoms with Crippen molar-refractivity contribution >= 4 is 27.3 Å². The predicted octanol–water partition coefficient (Wildman–Crippen LogP) is 3.57. The fraction of sp³-hybridized carbons (Fsp3) is 0.458. The molecule has 1 N–H and O–H groups in total. The predicted molar refractivity (Wildman–Crippen MR) is 126 cm³/mol. The summed E-state index contributed by atoms with van der Waals surface area (Å²) < 4.78 is 33.3. The number of nitrogens with one attached hydrogen (secondary N) is 1. The second-order valence-corrected chi connectivity index (χ2v) is 10.4. The average molecular weight is 458 g/mol. The molecule has 2 heterocycles. The number of methoxy groups -OCH3 is 1. The van der Waals surface area contributed by atoms with Crippen molar-refractivity contribution in [3.8, 4) is 5.75 Å². The van der Waals surface area contributed by atoms with E-state index in [1.54, 1.807) is 12.1 Å². The van der Waals surface area contributed by atoms with Crippen molar-refractivity contribution in [2.24, 2.45) is 0 Å². The standard InChI is InChI=1S/C24H31N3O4S/c1-18-8-10-21-19(15-18)7-6-12-26(21)17-24(28)25-20-9-11-22(31-2)23(16-20)32(29,30)27-13-4-3-5-14-27/h8-11,15-16H,3-7,12-14,17H2,1-2H3,(H,25,28). The molecular formula is C24H31N3O4S. The van der Waals surface area contributed by atoms with Crippen LogP contribution in [-0.2, 0) is 21.2 Å². The highest BCUT2D eigenvalue weighted by Gasteiger charge is 2.29. The Hall–Kier alpha value is -2.58. The molecule has 32 heavy (non-hydrogen) atoms. The van der Waals surface area contributed by atoms with Gasteiger partial charge in [0.1, 0.15) is 10.6 Å². The summed E-state index contributed by atoms with van der Waals surface area (Å²) in [7, 11) is -2.23. The Morgan fingerprint density at radius 3 is 2.56 bits per heavy atom. The Balaban J connectivity index is 1.51. The van der Waals surface area contributed by atoms with E-state index in [4.69, 9.17) is 4.74 Å². The molecule has 172 valence electrons. The molecule has 0 aromatic heterocycles. The van der Waals surface area contributed by atoms with Crippen LogP contribution in [0.4, 0.5) is 11.4 Å². The molecule has 2 aromatic rings. The first-order chi connectivity index (χ1) is 15.4. The third-order valence-electron chi connectivity index (χ3n) is 6.16. The maximum Gasteiger partial charge on any atom is 0.246 e. The number of fused-ring (bicyclic) bond motifs is 1. The summed E-state index contributed by atoms with van der Waals surface area (Å²) in [6, 6.07) is 11.1. The summed E-state index contributed by atoms with van der Waals surface area (Å²) in [6.45, 7) is 4.13. The van der Waals surface area contributed by atoms with Gasteiger partial charge in [-0.2, -0.15) is 4.31 Å². The molecule has 0 unspecified atom stereocenters. The van der Waals surface area contributed by atoms with E-state index >= 15 is 0 Å². The van der Waals surface area contributed by atoms with E-state index in [-0.39, 0.29) is 23.1 Å². The topological polar surface area (TPSA) is 79.0 Å². The number of carbonyl (C=O) groups is 1. The van der Waals surface area contributed by atoms with E-state index in [0.29, 0.717) is 18.8 Å². The number of carbonyl (C=O) groups excluding carboxylic acids is 1. The second kappa shape index (κ2) is 9.50. The lowest BCUT2D eigenvalue weighted by Gasteiger charge is -2.31. The number of benzene rings is 2. The first-order valence-corrected chi connectivity index (χ1v) is 12.6. The molecular weight excluding hydrogens is 426 g/mol. The number of sulfonamides is 1. The summed E-state index contributed by atoms with van der Waals surface area (Å²) >= 11 is 0. The van der Waals surface area contributed by atoms with Crippen molar-refractivity contribution in [1.29, 1.82) is 0 Å². The van der Waals surface area contributed by atoms with Gasteiger partial charge < -0.3 is 15.0 Å². The van der Waals surface area contributed by atoms with Gasteiger partial charge in [-0.3, -0.25) is 4.79 Å². The zero-order valence-electron chi connectivity index (χ0n) is 18.8. The Morgan fingerprint density at radius 1 is 1.03 bits per heavy atom. The first-order valence-electron chi connectivity index (χ1n) is 11.2. The van der Waals surface area contributed by atoms with Crippen LogP contribution in [0, 0.1) is 6.92 Å². The number of piperidine rings is 1. The second-order valence-electron chi connectivity index (χ2n) is 8.54. The molecule has 2 aromatic carbocycles. The van der Waals surface area contributed by atoms with Gasteiger partial charge >= 0.3 is 0 Å². The number of nitrogens with zero attached hydrogens (tertiary/aromatic N) is 2. The summed E-state index contributed by atoms with van der Waals surface area (Å²) in [5.74, 6) is 0.110. The third-order valence-corrected chi connectivity index (χ3v) is 8.08. The molecule has 0 radical (unpaired) electrons. The Kier molecular flexibility index (Phi) is 6.71. The third kappa shape index (κ3) is 4.76. The molecule has 2 aliphatic rings. The normalized spacial score (nSPS) is 17.0. The number of anilines is 2. The maximum absolute atomic E-state index is 13.2. The lowest BCUT2D eigenvalue weighted by Crippen LogP contribution is -2.37. The molecule has 0 saturated carbocycles. The van der Waals surface area contributed by atoms with Crippen molar-refractivity contribution in [2.75, 3.05) is 43.5 Å². The number of aryl methyl sites for hydroxylation is 2. The molecule has 7 nitrogen and oxygen atoms in total. The smallest absolute Gasteiger partial charge is 0.246 e. The van der Waals surface area contributed by atoms with Gasteiger partial charge in [0.05, 0.1) is 13.7 Å². The number of hydrogen-bond acceptors (Lipinski definition) is 5. The van der Waals surface area contributed by atoms with Crippen LogP contribution >= 0.6 is 0 Å². The molecule has 1 amide bonds. The lowest BCUT2D eigenvalue weighted by atomic mass is 9.99. The fourth-order valence-electron chi connectivity index (χ4n) is 4.54. The van der Waals surface area contributed by atoms with Gasteiger partial charge in [-0.15, -0.1) is 0 Å². The molecule has 0 atom stereocenters. The van der Waals surface area contributed by atoms with Gasteiger partial charge in [0.15, 0.2) is 0 Å². The number of amides is 1. The van der Waals surface area contributed by atoms with Crippen LogP contribution in [0.15, 0.2) is 41.3 Å².